The van der Waals surface area contributed by atoms with E-state index in [-0.39, 0.29) is 23.7 Å². The van der Waals surface area contributed by atoms with Gasteiger partial charge in [0, 0.05) is 11.8 Å². The molecule has 4 rings (SSSR count). The molecule has 0 spiro atoms. The van der Waals surface area contributed by atoms with Gasteiger partial charge in [0.1, 0.15) is 6.07 Å². The first-order valence-electron chi connectivity index (χ1n) is 10.8. The average molecular weight is 415 g/mol. The van der Waals surface area contributed by atoms with Gasteiger partial charge >= 0.3 is 0 Å². The molecule has 4 atom stereocenters. The Morgan fingerprint density at radius 2 is 1.29 bits per heavy atom. The summed E-state index contributed by atoms with van der Waals surface area (Å²) in [5, 5.41) is 9.07. The molecule has 5 nitrogen and oxygen atoms in total. The zero-order valence-corrected chi connectivity index (χ0v) is 18.0. The van der Waals surface area contributed by atoms with E-state index in [9.17, 15) is 9.59 Å². The van der Waals surface area contributed by atoms with Crippen molar-refractivity contribution in [1.29, 1.82) is 5.26 Å². The number of likely N-dealkylation sites (tertiary alicyclic amines) is 1. The number of benzene rings is 2. The summed E-state index contributed by atoms with van der Waals surface area (Å²) in [5.41, 5.74) is 2.12. The maximum Gasteiger partial charge on any atom is 0.234 e. The van der Waals surface area contributed by atoms with E-state index < -0.39 is 11.8 Å². The van der Waals surface area contributed by atoms with E-state index in [1.165, 1.54) is 4.90 Å². The van der Waals surface area contributed by atoms with Crippen LogP contribution in [0.25, 0.3) is 0 Å². The van der Waals surface area contributed by atoms with Crippen molar-refractivity contribution in [1.82, 2.24) is 4.90 Å². The molecule has 0 unspecified atom stereocenters. The lowest BCUT2D eigenvalue weighted by atomic mass is 9.68. The predicted octanol–water partition coefficient (Wildman–Crippen LogP) is 3.32. The molecule has 0 radical (unpaired) electrons. The first-order valence-corrected chi connectivity index (χ1v) is 10.8. The molecule has 1 saturated heterocycles. The third-order valence-corrected chi connectivity index (χ3v) is 6.59. The number of quaternary nitrogens is 1. The standard InChI is InChI=1S/C26H28N3O2/c1-29(2,17-15-27)18-16-28-25(30)23-21(19-9-5-3-6-10-19)13-14-22(24(23)26(28)31)20-11-7-4-8-12-20/h3-14,21-24H,16-18H2,1-2H3/q+1/t21-,22-,23-,24+/m0/s1. The van der Waals surface area contributed by atoms with Crippen LogP contribution in [-0.4, -0.2) is 54.9 Å². The molecule has 2 aliphatic rings. The van der Waals surface area contributed by atoms with E-state index in [4.69, 9.17) is 5.26 Å². The number of rotatable bonds is 6. The molecule has 0 saturated carbocycles. The highest BCUT2D eigenvalue weighted by Gasteiger charge is 2.55. The fourth-order valence-electron chi connectivity index (χ4n) is 4.86. The van der Waals surface area contributed by atoms with E-state index >= 15 is 0 Å². The summed E-state index contributed by atoms with van der Waals surface area (Å²) >= 11 is 0. The van der Waals surface area contributed by atoms with Gasteiger partial charge in [-0.1, -0.05) is 72.8 Å². The maximum atomic E-state index is 13.6. The van der Waals surface area contributed by atoms with Crippen molar-refractivity contribution in [3.8, 4) is 6.07 Å². The average Bonchev–Trinajstić information content (AvgIpc) is 3.03. The molecule has 5 heteroatoms. The molecule has 1 aliphatic heterocycles. The molecule has 158 valence electrons. The van der Waals surface area contributed by atoms with E-state index in [0.717, 1.165) is 11.1 Å². The van der Waals surface area contributed by atoms with Crippen molar-refractivity contribution >= 4 is 11.8 Å². The van der Waals surface area contributed by atoms with Crippen molar-refractivity contribution in [3.63, 3.8) is 0 Å². The maximum absolute atomic E-state index is 13.6. The highest BCUT2D eigenvalue weighted by atomic mass is 16.2. The molecule has 2 aromatic carbocycles. The summed E-state index contributed by atoms with van der Waals surface area (Å²) in [6.07, 6.45) is 4.22. The normalized spacial score (nSPS) is 25.4. The van der Waals surface area contributed by atoms with E-state index in [2.05, 4.69) is 18.2 Å². The van der Waals surface area contributed by atoms with Gasteiger partial charge in [0.2, 0.25) is 11.8 Å². The minimum absolute atomic E-state index is 0.0916. The molecule has 31 heavy (non-hydrogen) atoms. The lowest BCUT2D eigenvalue weighted by molar-refractivity contribution is -0.882. The number of imide groups is 1. The van der Waals surface area contributed by atoms with Gasteiger partial charge in [-0.3, -0.25) is 14.5 Å². The molecular formula is C26H28N3O2+. The summed E-state index contributed by atoms with van der Waals surface area (Å²) in [5.74, 6) is -1.23. The van der Waals surface area contributed by atoms with Gasteiger partial charge < -0.3 is 4.48 Å². The van der Waals surface area contributed by atoms with Crippen molar-refractivity contribution in [2.75, 3.05) is 33.7 Å². The van der Waals surface area contributed by atoms with E-state index in [1.807, 2.05) is 74.8 Å². The van der Waals surface area contributed by atoms with Crippen molar-refractivity contribution < 1.29 is 14.1 Å². The summed E-state index contributed by atoms with van der Waals surface area (Å²) < 4.78 is 0.450. The van der Waals surface area contributed by atoms with Crippen LogP contribution in [0.5, 0.6) is 0 Å². The van der Waals surface area contributed by atoms with Crippen LogP contribution in [0.1, 0.15) is 23.0 Å². The van der Waals surface area contributed by atoms with Gasteiger partial charge in [-0.2, -0.15) is 5.26 Å². The largest absolute Gasteiger partial charge is 0.315 e. The van der Waals surface area contributed by atoms with Gasteiger partial charge in [0.05, 0.1) is 39.0 Å². The lowest BCUT2D eigenvalue weighted by Gasteiger charge is -2.32. The van der Waals surface area contributed by atoms with E-state index in [0.29, 0.717) is 24.1 Å². The molecule has 0 N–H and O–H groups in total. The van der Waals surface area contributed by atoms with Gasteiger partial charge in [0.15, 0.2) is 6.54 Å². The van der Waals surface area contributed by atoms with Crippen molar-refractivity contribution in [2.24, 2.45) is 11.8 Å². The molecule has 1 heterocycles. The summed E-state index contributed by atoms with van der Waals surface area (Å²) in [4.78, 5) is 28.6. The number of amides is 2. The predicted molar refractivity (Wildman–Crippen MR) is 119 cm³/mol. The first kappa shape index (κ1) is 21.0. The summed E-state index contributed by atoms with van der Waals surface area (Å²) in [6.45, 7) is 1.23. The van der Waals surface area contributed by atoms with Crippen LogP contribution in [0.4, 0.5) is 0 Å². The Hall–Kier alpha value is -3.23. The lowest BCUT2D eigenvalue weighted by Crippen LogP contribution is -2.47. The Bertz CT molecular complexity index is 956. The van der Waals surface area contributed by atoms with Gasteiger partial charge in [0.25, 0.3) is 0 Å². The van der Waals surface area contributed by atoms with Crippen LogP contribution in [0, 0.1) is 23.2 Å². The molecule has 2 aromatic rings. The molecule has 2 amide bonds. The second kappa shape index (κ2) is 8.49. The first-order chi connectivity index (χ1) is 14.9. The molecule has 1 aliphatic carbocycles. The van der Waals surface area contributed by atoms with Crippen LogP contribution < -0.4 is 0 Å². The number of likely N-dealkylation sites (N-methyl/N-ethyl adjacent to an activating group) is 1. The minimum Gasteiger partial charge on any atom is -0.315 e. The fraction of sp³-hybridized carbons (Fsp3) is 0.346. The molecule has 1 fully saturated rings. The SMILES string of the molecule is C[N+](C)(CC#N)CCN1C(=O)[C@@H]2[C@H](C1=O)[C@H](c1ccccc1)C=C[C@H]2c1ccccc1. The summed E-state index contributed by atoms with van der Waals surface area (Å²) in [6, 6.07) is 22.1. The number of allylic oxidation sites excluding steroid dienone is 2. The van der Waals surface area contributed by atoms with Crippen molar-refractivity contribution in [2.45, 2.75) is 11.8 Å². The van der Waals surface area contributed by atoms with E-state index in [1.54, 1.807) is 0 Å². The zero-order valence-electron chi connectivity index (χ0n) is 18.0. The Labute approximate surface area is 183 Å². The Balaban J connectivity index is 1.69. The Morgan fingerprint density at radius 3 is 1.71 bits per heavy atom. The van der Waals surface area contributed by atoms with Crippen molar-refractivity contribution in [3.05, 3.63) is 83.9 Å². The third kappa shape index (κ3) is 4.04. The van der Waals surface area contributed by atoms with Gasteiger partial charge in [-0.15, -0.1) is 0 Å². The van der Waals surface area contributed by atoms with Gasteiger partial charge in [-0.25, -0.2) is 0 Å². The highest BCUT2D eigenvalue weighted by Crippen LogP contribution is 2.49. The van der Waals surface area contributed by atoms with Crippen LogP contribution >= 0.6 is 0 Å². The second-order valence-corrected chi connectivity index (χ2v) is 9.11. The van der Waals surface area contributed by atoms with Crippen LogP contribution in [0.15, 0.2) is 72.8 Å². The number of carbonyl (C=O) groups is 2. The molecule has 0 aromatic heterocycles. The third-order valence-electron chi connectivity index (χ3n) is 6.59. The number of carbonyl (C=O) groups excluding carboxylic acids is 2. The van der Waals surface area contributed by atoms with Crippen LogP contribution in [-0.2, 0) is 9.59 Å². The topological polar surface area (TPSA) is 61.2 Å². The van der Waals surface area contributed by atoms with Gasteiger partial charge in [-0.05, 0) is 11.1 Å². The Morgan fingerprint density at radius 1 is 0.839 bits per heavy atom. The highest BCUT2D eigenvalue weighted by molar-refractivity contribution is 6.06. The molecule has 0 bridgehead atoms. The number of hydrogen-bond donors (Lipinski definition) is 0. The minimum atomic E-state index is -0.406. The fourth-order valence-corrected chi connectivity index (χ4v) is 4.86. The molecular weight excluding hydrogens is 386 g/mol. The smallest absolute Gasteiger partial charge is 0.234 e. The quantitative estimate of drug-likeness (QED) is 0.315. The number of nitriles is 1. The van der Waals surface area contributed by atoms with Crippen LogP contribution in [0.2, 0.25) is 0 Å². The number of nitrogens with zero attached hydrogens (tertiary/aromatic N) is 3. The number of hydrogen-bond acceptors (Lipinski definition) is 3. The monoisotopic (exact) mass is 414 g/mol. The summed E-state index contributed by atoms with van der Waals surface area (Å²) in [7, 11) is 3.89. The number of fused-ring (bicyclic) bond motifs is 1. The second-order valence-electron chi connectivity index (χ2n) is 9.11. The zero-order chi connectivity index (χ0) is 22.0. The van der Waals surface area contributed by atoms with Crippen LogP contribution in [0.3, 0.4) is 0 Å². The Kier molecular flexibility index (Phi) is 5.75.